The Kier molecular flexibility index (Phi) is 4.56. The molecule has 0 saturated carbocycles. The molecule has 1 heterocycles. The summed E-state index contributed by atoms with van der Waals surface area (Å²) in [7, 11) is 1.74. The average Bonchev–Trinajstić information content (AvgIpc) is 2.84. The van der Waals surface area contributed by atoms with Crippen molar-refractivity contribution in [1.82, 2.24) is 9.80 Å². The molecule has 1 unspecified atom stereocenters. The van der Waals surface area contributed by atoms with E-state index in [0.717, 1.165) is 10.0 Å². The smallest absolute Gasteiger partial charge is 0.320 e. The van der Waals surface area contributed by atoms with E-state index < -0.39 is 11.4 Å². The molecule has 0 radical (unpaired) electrons. The Hall–Kier alpha value is -1.56. The second-order valence-corrected chi connectivity index (χ2v) is 6.72. The Bertz CT molecular complexity index is 546. The lowest BCUT2D eigenvalue weighted by molar-refractivity contribution is -0.147. The molecule has 0 aromatic heterocycles. The number of likely N-dealkylation sites (tertiary alicyclic amines) is 1. The van der Waals surface area contributed by atoms with Crippen LogP contribution in [-0.2, 0) is 11.3 Å². The number of benzene rings is 1. The predicted octanol–water partition coefficient (Wildman–Crippen LogP) is 2.80. The van der Waals surface area contributed by atoms with Gasteiger partial charge in [0.1, 0.15) is 0 Å². The van der Waals surface area contributed by atoms with Gasteiger partial charge in [0.05, 0.1) is 5.41 Å². The van der Waals surface area contributed by atoms with Crippen LogP contribution in [0.1, 0.15) is 18.9 Å². The summed E-state index contributed by atoms with van der Waals surface area (Å²) in [6.45, 7) is 2.96. The minimum Gasteiger partial charge on any atom is -0.481 e. The monoisotopic (exact) mass is 354 g/mol. The number of carboxylic acid groups (broad SMARTS) is 1. The minimum absolute atomic E-state index is 0.122. The summed E-state index contributed by atoms with van der Waals surface area (Å²) in [4.78, 5) is 26.8. The Morgan fingerprint density at radius 3 is 2.52 bits per heavy atom. The van der Waals surface area contributed by atoms with Crippen LogP contribution < -0.4 is 0 Å². The van der Waals surface area contributed by atoms with Crippen LogP contribution in [0.5, 0.6) is 0 Å². The number of carbonyl (C=O) groups is 2. The predicted molar refractivity (Wildman–Crippen MR) is 82.9 cm³/mol. The largest absolute Gasteiger partial charge is 0.481 e. The van der Waals surface area contributed by atoms with Crippen LogP contribution in [0.25, 0.3) is 0 Å². The van der Waals surface area contributed by atoms with Crippen LogP contribution in [0.2, 0.25) is 0 Å². The van der Waals surface area contributed by atoms with Crippen LogP contribution in [-0.4, -0.2) is 47.0 Å². The van der Waals surface area contributed by atoms with Gasteiger partial charge in [0.15, 0.2) is 0 Å². The van der Waals surface area contributed by atoms with E-state index in [1.165, 1.54) is 0 Å². The summed E-state index contributed by atoms with van der Waals surface area (Å²) in [5.41, 5.74) is 0.211. The summed E-state index contributed by atoms with van der Waals surface area (Å²) >= 11 is 3.38. The highest BCUT2D eigenvalue weighted by Crippen LogP contribution is 2.30. The first-order valence-electron chi connectivity index (χ1n) is 6.80. The topological polar surface area (TPSA) is 60.9 Å². The molecule has 0 aliphatic carbocycles. The molecule has 1 aromatic carbocycles. The lowest BCUT2D eigenvalue weighted by atomic mass is 9.90. The van der Waals surface area contributed by atoms with Crippen molar-refractivity contribution < 1.29 is 14.7 Å². The number of rotatable bonds is 3. The van der Waals surface area contributed by atoms with Gasteiger partial charge in [0.2, 0.25) is 0 Å². The van der Waals surface area contributed by atoms with E-state index >= 15 is 0 Å². The van der Waals surface area contributed by atoms with E-state index in [0.29, 0.717) is 19.5 Å². The van der Waals surface area contributed by atoms with Crippen molar-refractivity contribution in [2.45, 2.75) is 19.9 Å². The first kappa shape index (κ1) is 15.8. The fourth-order valence-electron chi connectivity index (χ4n) is 2.47. The van der Waals surface area contributed by atoms with Gasteiger partial charge in [-0.15, -0.1) is 0 Å². The lowest BCUT2D eigenvalue weighted by Crippen LogP contribution is -2.41. The second kappa shape index (κ2) is 6.05. The molecule has 1 N–H and O–H groups in total. The van der Waals surface area contributed by atoms with E-state index in [1.807, 2.05) is 24.3 Å². The fourth-order valence-corrected chi connectivity index (χ4v) is 2.74. The van der Waals surface area contributed by atoms with Gasteiger partial charge in [0.25, 0.3) is 0 Å². The second-order valence-electron chi connectivity index (χ2n) is 5.80. The molecule has 21 heavy (non-hydrogen) atoms. The van der Waals surface area contributed by atoms with E-state index in [1.54, 1.807) is 23.8 Å². The Balaban J connectivity index is 1.97. The number of carboxylic acids is 1. The zero-order valence-electron chi connectivity index (χ0n) is 12.2. The van der Waals surface area contributed by atoms with E-state index in [9.17, 15) is 14.7 Å². The van der Waals surface area contributed by atoms with E-state index in [-0.39, 0.29) is 12.6 Å². The van der Waals surface area contributed by atoms with Crippen molar-refractivity contribution in [2.24, 2.45) is 5.41 Å². The first-order chi connectivity index (χ1) is 9.82. The third-order valence-corrected chi connectivity index (χ3v) is 4.45. The van der Waals surface area contributed by atoms with Gasteiger partial charge in [-0.3, -0.25) is 4.79 Å². The van der Waals surface area contributed by atoms with Gasteiger partial charge < -0.3 is 14.9 Å². The molecule has 0 spiro atoms. The maximum Gasteiger partial charge on any atom is 0.320 e. The highest BCUT2D eigenvalue weighted by molar-refractivity contribution is 9.10. The standard InChI is InChI=1S/C15H19BrN2O3/c1-15(13(19)20)7-8-18(10-15)14(21)17(2)9-11-3-5-12(16)6-4-11/h3-6H,7-10H2,1-2H3,(H,19,20). The quantitative estimate of drug-likeness (QED) is 0.907. The zero-order chi connectivity index (χ0) is 15.6. The van der Waals surface area contributed by atoms with Gasteiger partial charge in [0, 0.05) is 31.2 Å². The fraction of sp³-hybridized carbons (Fsp3) is 0.467. The minimum atomic E-state index is -0.839. The van der Waals surface area contributed by atoms with Crippen LogP contribution >= 0.6 is 15.9 Å². The molecule has 5 nitrogen and oxygen atoms in total. The van der Waals surface area contributed by atoms with Gasteiger partial charge in [-0.25, -0.2) is 4.79 Å². The molecule has 1 aliphatic heterocycles. The Morgan fingerprint density at radius 1 is 1.38 bits per heavy atom. The molecule has 1 saturated heterocycles. The van der Waals surface area contributed by atoms with E-state index in [4.69, 9.17) is 0 Å². The summed E-state index contributed by atoms with van der Waals surface area (Å²) in [6.07, 6.45) is 0.500. The third kappa shape index (κ3) is 3.56. The van der Waals surface area contributed by atoms with Crippen molar-refractivity contribution in [2.75, 3.05) is 20.1 Å². The summed E-state index contributed by atoms with van der Waals surface area (Å²) < 4.78 is 0.997. The zero-order valence-corrected chi connectivity index (χ0v) is 13.8. The maximum atomic E-state index is 12.4. The summed E-state index contributed by atoms with van der Waals surface area (Å²) in [5, 5.41) is 9.22. The molecular formula is C15H19BrN2O3. The van der Waals surface area contributed by atoms with Crippen molar-refractivity contribution in [3.05, 3.63) is 34.3 Å². The maximum absolute atomic E-state index is 12.4. The van der Waals surface area contributed by atoms with Crippen LogP contribution in [0.4, 0.5) is 4.79 Å². The number of aliphatic carboxylic acids is 1. The van der Waals surface area contributed by atoms with Gasteiger partial charge in [-0.2, -0.15) is 0 Å². The van der Waals surface area contributed by atoms with Crippen molar-refractivity contribution >= 4 is 27.9 Å². The molecular weight excluding hydrogens is 336 g/mol. The molecule has 1 atom stereocenters. The molecule has 2 rings (SSSR count). The summed E-state index contributed by atoms with van der Waals surface area (Å²) in [5.74, 6) is -0.839. The van der Waals surface area contributed by atoms with E-state index in [2.05, 4.69) is 15.9 Å². The number of amides is 2. The number of urea groups is 1. The summed E-state index contributed by atoms with van der Waals surface area (Å²) in [6, 6.07) is 7.66. The number of hydrogen-bond donors (Lipinski definition) is 1. The van der Waals surface area contributed by atoms with Gasteiger partial charge >= 0.3 is 12.0 Å². The van der Waals surface area contributed by atoms with Crippen LogP contribution in [0.3, 0.4) is 0 Å². The number of nitrogens with zero attached hydrogens (tertiary/aromatic N) is 2. The number of halogens is 1. The normalized spacial score (nSPS) is 21.4. The lowest BCUT2D eigenvalue weighted by Gasteiger charge is -2.26. The highest BCUT2D eigenvalue weighted by Gasteiger charge is 2.42. The molecule has 1 aromatic rings. The number of hydrogen-bond acceptors (Lipinski definition) is 2. The molecule has 6 heteroatoms. The number of carbonyl (C=O) groups excluding carboxylic acids is 1. The SMILES string of the molecule is CN(Cc1ccc(Br)cc1)C(=O)N1CCC(C)(C(=O)O)C1. The van der Waals surface area contributed by atoms with Gasteiger partial charge in [-0.05, 0) is 31.0 Å². The molecule has 1 fully saturated rings. The van der Waals surface area contributed by atoms with Crippen molar-refractivity contribution in [3.63, 3.8) is 0 Å². The van der Waals surface area contributed by atoms with Crippen LogP contribution in [0, 0.1) is 5.41 Å². The highest BCUT2D eigenvalue weighted by atomic mass is 79.9. The Morgan fingerprint density at radius 2 is 2.00 bits per heavy atom. The first-order valence-corrected chi connectivity index (χ1v) is 7.59. The third-order valence-electron chi connectivity index (χ3n) is 3.92. The van der Waals surface area contributed by atoms with Gasteiger partial charge in [-0.1, -0.05) is 28.1 Å². The molecule has 2 amide bonds. The molecule has 0 bridgehead atoms. The van der Waals surface area contributed by atoms with Crippen molar-refractivity contribution in [3.8, 4) is 0 Å². The molecule has 114 valence electrons. The molecule has 1 aliphatic rings. The van der Waals surface area contributed by atoms with Crippen molar-refractivity contribution in [1.29, 1.82) is 0 Å². The van der Waals surface area contributed by atoms with Crippen LogP contribution in [0.15, 0.2) is 28.7 Å². The Labute approximate surface area is 132 Å². The average molecular weight is 355 g/mol.